The van der Waals surface area contributed by atoms with E-state index in [-0.39, 0.29) is 22.5 Å². The minimum Gasteiger partial charge on any atom is -0.507 e. The summed E-state index contributed by atoms with van der Waals surface area (Å²) in [5, 5.41) is 49.2. The second-order valence-corrected chi connectivity index (χ2v) is 7.37. The lowest BCUT2D eigenvalue weighted by molar-refractivity contribution is -0.271. The van der Waals surface area contributed by atoms with Gasteiger partial charge in [0.25, 0.3) is 0 Å². The van der Waals surface area contributed by atoms with E-state index >= 15 is 0 Å². The van der Waals surface area contributed by atoms with Gasteiger partial charge in [0.2, 0.25) is 6.29 Å². The minimum absolute atomic E-state index is 0.0519. The first-order valence-corrected chi connectivity index (χ1v) is 9.74. The van der Waals surface area contributed by atoms with Crippen molar-refractivity contribution in [3.05, 3.63) is 52.7 Å². The van der Waals surface area contributed by atoms with Crippen LogP contribution in [0, 0.1) is 0 Å². The van der Waals surface area contributed by atoms with Crippen molar-refractivity contribution >= 4 is 16.9 Å². The number of phenolic OH excluding ortho intramolecular Hbond substituents is 1. The molecule has 2 heterocycles. The average Bonchev–Trinajstić information content (AvgIpc) is 2.78. The molecule has 0 aliphatic carbocycles. The molecule has 1 aliphatic heterocycles. The Morgan fingerprint density at radius 3 is 2.30 bits per heavy atom. The lowest BCUT2D eigenvalue weighted by Crippen LogP contribution is -2.61. The van der Waals surface area contributed by atoms with Gasteiger partial charge in [0.1, 0.15) is 52.3 Å². The van der Waals surface area contributed by atoms with Gasteiger partial charge >= 0.3 is 5.97 Å². The summed E-state index contributed by atoms with van der Waals surface area (Å²) < 4.78 is 21.4. The fourth-order valence-corrected chi connectivity index (χ4v) is 3.49. The van der Waals surface area contributed by atoms with Crippen LogP contribution in [0.2, 0.25) is 0 Å². The summed E-state index contributed by atoms with van der Waals surface area (Å²) in [5.74, 6) is -1.40. The van der Waals surface area contributed by atoms with Gasteiger partial charge in [-0.05, 0) is 24.3 Å². The van der Waals surface area contributed by atoms with Crippen LogP contribution in [0.1, 0.15) is 0 Å². The predicted molar refractivity (Wildman–Crippen MR) is 111 cm³/mol. The number of aliphatic hydroxyl groups is 3. The predicted octanol–water partition coefficient (Wildman–Crippen LogP) is 0.445. The number of aliphatic carboxylic acids is 1. The van der Waals surface area contributed by atoms with Crippen molar-refractivity contribution in [3.8, 4) is 28.6 Å². The molecule has 1 aliphatic rings. The van der Waals surface area contributed by atoms with Gasteiger partial charge in [-0.1, -0.05) is 0 Å². The Bertz CT molecular complexity index is 1230. The van der Waals surface area contributed by atoms with E-state index in [1.807, 2.05) is 0 Å². The number of phenols is 1. The van der Waals surface area contributed by atoms with Crippen LogP contribution < -0.4 is 14.9 Å². The molecule has 0 amide bonds. The molecular weight excluding hydrogens is 440 g/mol. The summed E-state index contributed by atoms with van der Waals surface area (Å²) in [5.41, 5.74) is -0.0124. The molecule has 3 aromatic rings. The number of fused-ring (bicyclic) bond motifs is 1. The number of hydrogen-bond donors (Lipinski definition) is 5. The molecule has 0 unspecified atom stereocenters. The number of hydrogen-bond acceptors (Lipinski definition) is 10. The van der Waals surface area contributed by atoms with Gasteiger partial charge in [-0.15, -0.1) is 0 Å². The lowest BCUT2D eigenvalue weighted by atomic mass is 9.99. The number of ether oxygens (including phenoxy) is 3. The molecule has 1 aromatic heterocycles. The Kier molecular flexibility index (Phi) is 5.95. The van der Waals surface area contributed by atoms with E-state index in [4.69, 9.17) is 23.7 Å². The van der Waals surface area contributed by atoms with Crippen LogP contribution in [0.25, 0.3) is 22.3 Å². The van der Waals surface area contributed by atoms with Gasteiger partial charge in [-0.3, -0.25) is 4.79 Å². The van der Waals surface area contributed by atoms with Crippen LogP contribution in [0.3, 0.4) is 0 Å². The van der Waals surface area contributed by atoms with Gasteiger partial charge < -0.3 is 44.2 Å². The Labute approximate surface area is 185 Å². The van der Waals surface area contributed by atoms with Crippen LogP contribution in [0.4, 0.5) is 0 Å². The van der Waals surface area contributed by atoms with Crippen LogP contribution in [0.5, 0.6) is 17.2 Å². The van der Waals surface area contributed by atoms with E-state index in [2.05, 4.69) is 0 Å². The summed E-state index contributed by atoms with van der Waals surface area (Å²) in [4.78, 5) is 23.9. The first-order valence-electron chi connectivity index (χ1n) is 9.74. The molecule has 5 atom stereocenters. The van der Waals surface area contributed by atoms with Crippen LogP contribution >= 0.6 is 0 Å². The number of rotatable bonds is 5. The third-order valence-electron chi connectivity index (χ3n) is 5.22. The summed E-state index contributed by atoms with van der Waals surface area (Å²) in [6.07, 6.45) is -9.10. The topological polar surface area (TPSA) is 176 Å². The van der Waals surface area contributed by atoms with Crippen molar-refractivity contribution in [1.82, 2.24) is 0 Å². The summed E-state index contributed by atoms with van der Waals surface area (Å²) in [6.45, 7) is 0. The summed E-state index contributed by atoms with van der Waals surface area (Å²) >= 11 is 0. The maximum atomic E-state index is 12.6. The SMILES string of the molecule is COc1ccc(-c2cc(=O)c3c(O)cc(O[C@H]4O[C@H](C(=O)O)[C@@H](O)[C@H](O)[C@H]4O)cc3o2)cc1. The number of carbonyl (C=O) groups is 1. The maximum absolute atomic E-state index is 12.6. The Morgan fingerprint density at radius 1 is 0.970 bits per heavy atom. The van der Waals surface area contributed by atoms with E-state index in [0.717, 1.165) is 6.07 Å². The number of carboxylic acids is 1. The van der Waals surface area contributed by atoms with Gasteiger partial charge in [0.15, 0.2) is 11.5 Å². The molecule has 2 aromatic carbocycles. The third-order valence-corrected chi connectivity index (χ3v) is 5.22. The zero-order chi connectivity index (χ0) is 23.9. The minimum atomic E-state index is -1.88. The molecule has 0 saturated carbocycles. The molecule has 11 heteroatoms. The number of carboxylic acid groups (broad SMARTS) is 1. The molecule has 11 nitrogen and oxygen atoms in total. The molecule has 0 bridgehead atoms. The quantitative estimate of drug-likeness (QED) is 0.357. The zero-order valence-electron chi connectivity index (χ0n) is 17.1. The van der Waals surface area contributed by atoms with Crippen LogP contribution in [-0.4, -0.2) is 69.3 Å². The number of aromatic hydroxyl groups is 1. The van der Waals surface area contributed by atoms with Gasteiger partial charge in [0, 0.05) is 23.8 Å². The lowest BCUT2D eigenvalue weighted by Gasteiger charge is -2.38. The van der Waals surface area contributed by atoms with Crippen molar-refractivity contribution < 1.29 is 49.0 Å². The second-order valence-electron chi connectivity index (χ2n) is 7.37. The highest BCUT2D eigenvalue weighted by atomic mass is 16.7. The Morgan fingerprint density at radius 2 is 1.67 bits per heavy atom. The average molecular weight is 460 g/mol. The van der Waals surface area contributed by atoms with Crippen molar-refractivity contribution in [1.29, 1.82) is 0 Å². The monoisotopic (exact) mass is 460 g/mol. The van der Waals surface area contributed by atoms with E-state index < -0.39 is 47.9 Å². The van der Waals surface area contributed by atoms with Crippen LogP contribution in [0.15, 0.2) is 51.7 Å². The second kappa shape index (κ2) is 8.71. The number of benzene rings is 2. The normalized spacial score (nSPS) is 25.0. The Balaban J connectivity index is 1.70. The standard InChI is InChI=1S/C22H20O11/c1-30-10-4-2-9(3-5-10)14-8-13(24)16-12(23)6-11(7-15(16)32-14)31-22-19(27)17(25)18(26)20(33-22)21(28)29/h2-8,17-20,22-23,25-27H,1H3,(H,28,29)/t17-,18-,19+,20-,22-/m0/s1. The fraction of sp³-hybridized carbons (Fsp3) is 0.273. The van der Waals surface area contributed by atoms with Gasteiger partial charge in [0.05, 0.1) is 7.11 Å². The van der Waals surface area contributed by atoms with Crippen molar-refractivity contribution in [2.75, 3.05) is 7.11 Å². The first kappa shape index (κ1) is 22.6. The van der Waals surface area contributed by atoms with E-state index in [1.165, 1.54) is 19.2 Å². The van der Waals surface area contributed by atoms with E-state index in [9.17, 15) is 30.0 Å². The van der Waals surface area contributed by atoms with Crippen molar-refractivity contribution in [2.24, 2.45) is 0 Å². The van der Waals surface area contributed by atoms with Gasteiger partial charge in [-0.25, -0.2) is 4.79 Å². The highest BCUT2D eigenvalue weighted by molar-refractivity contribution is 5.86. The molecule has 0 radical (unpaired) electrons. The van der Waals surface area contributed by atoms with E-state index in [1.54, 1.807) is 24.3 Å². The van der Waals surface area contributed by atoms with Crippen molar-refractivity contribution in [2.45, 2.75) is 30.7 Å². The van der Waals surface area contributed by atoms with Crippen LogP contribution in [-0.2, 0) is 9.53 Å². The molecular formula is C22H20O11. The number of aliphatic hydroxyl groups excluding tert-OH is 3. The summed E-state index contributed by atoms with van der Waals surface area (Å²) in [6, 6.07) is 10.2. The van der Waals surface area contributed by atoms with Gasteiger partial charge in [-0.2, -0.15) is 0 Å². The molecule has 33 heavy (non-hydrogen) atoms. The number of methoxy groups -OCH3 is 1. The molecule has 174 valence electrons. The molecule has 4 rings (SSSR count). The largest absolute Gasteiger partial charge is 0.507 e. The van der Waals surface area contributed by atoms with E-state index in [0.29, 0.717) is 11.3 Å². The third kappa shape index (κ3) is 4.22. The maximum Gasteiger partial charge on any atom is 0.335 e. The van der Waals surface area contributed by atoms with Crippen molar-refractivity contribution in [3.63, 3.8) is 0 Å². The highest BCUT2D eigenvalue weighted by Gasteiger charge is 2.48. The molecule has 5 N–H and O–H groups in total. The highest BCUT2D eigenvalue weighted by Crippen LogP contribution is 2.33. The molecule has 1 fully saturated rings. The molecule has 0 spiro atoms. The Hall–Kier alpha value is -3.64. The fourth-order valence-electron chi connectivity index (χ4n) is 3.49. The molecule has 1 saturated heterocycles. The first-order chi connectivity index (χ1) is 15.7. The summed E-state index contributed by atoms with van der Waals surface area (Å²) in [7, 11) is 1.51. The zero-order valence-corrected chi connectivity index (χ0v) is 17.1. The smallest absolute Gasteiger partial charge is 0.335 e.